The molecule has 3 N–H and O–H groups in total. The van der Waals surface area contributed by atoms with E-state index in [2.05, 4.69) is 19.2 Å². The lowest BCUT2D eigenvalue weighted by molar-refractivity contribution is 0.0951. The number of rotatable bonds is 4. The van der Waals surface area contributed by atoms with Gasteiger partial charge in [-0.3, -0.25) is 4.79 Å². The van der Waals surface area contributed by atoms with Crippen LogP contribution in [0, 0.1) is 0 Å². The summed E-state index contributed by atoms with van der Waals surface area (Å²) in [7, 11) is 0. The van der Waals surface area contributed by atoms with Crippen LogP contribution >= 0.6 is 24.2 Å². The van der Waals surface area contributed by atoms with E-state index in [9.17, 15) is 4.79 Å². The highest BCUT2D eigenvalue weighted by Gasteiger charge is 2.17. The third kappa shape index (κ3) is 5.33. The Labute approximate surface area is 113 Å². The quantitative estimate of drug-likeness (QED) is 0.830. The Bertz CT molecular complexity index is 365. The fourth-order valence-electron chi connectivity index (χ4n) is 1.10. The van der Waals surface area contributed by atoms with Gasteiger partial charge in [0.1, 0.15) is 0 Å². The first-order valence-electron chi connectivity index (χ1n) is 5.13. The zero-order chi connectivity index (χ0) is 12.2. The number of nitrogen functional groups attached to an aromatic ring is 1. The van der Waals surface area contributed by atoms with Crippen LogP contribution in [0.5, 0.6) is 0 Å². The molecule has 0 saturated carbocycles. The monoisotopic (exact) mass is 274 g/mol. The Kier molecular flexibility index (Phi) is 6.42. The molecule has 0 aliphatic rings. The molecule has 0 aliphatic heterocycles. The van der Waals surface area contributed by atoms with Crippen molar-refractivity contribution in [2.24, 2.45) is 0 Å². The highest BCUT2D eigenvalue weighted by Crippen LogP contribution is 2.19. The molecule has 96 valence electrons. The van der Waals surface area contributed by atoms with Crippen molar-refractivity contribution in [1.82, 2.24) is 5.32 Å². The van der Waals surface area contributed by atoms with Crippen molar-refractivity contribution in [3.63, 3.8) is 0 Å². The minimum atomic E-state index is -0.0536. The van der Waals surface area contributed by atoms with Crippen LogP contribution in [0.15, 0.2) is 24.3 Å². The summed E-state index contributed by atoms with van der Waals surface area (Å²) in [6.45, 7) is 4.85. The summed E-state index contributed by atoms with van der Waals surface area (Å²) in [5.74, 6) is -0.0536. The molecule has 1 aromatic carbocycles. The number of hydrogen-bond donors (Lipinski definition) is 2. The number of carbonyl (C=O) groups excluding carboxylic acids is 1. The predicted molar refractivity (Wildman–Crippen MR) is 78.0 cm³/mol. The Hall–Kier alpha value is -0.870. The number of thioether (sulfide) groups is 1. The lowest BCUT2D eigenvalue weighted by Crippen LogP contribution is -2.36. The summed E-state index contributed by atoms with van der Waals surface area (Å²) in [6.07, 6.45) is 2.04. The number of anilines is 1. The molecule has 0 unspecified atom stereocenters. The fourth-order valence-corrected chi connectivity index (χ4v) is 1.32. The summed E-state index contributed by atoms with van der Waals surface area (Å²) in [6, 6.07) is 6.93. The molecule has 0 heterocycles. The molecule has 17 heavy (non-hydrogen) atoms. The summed E-state index contributed by atoms with van der Waals surface area (Å²) >= 11 is 1.73. The number of benzene rings is 1. The van der Waals surface area contributed by atoms with E-state index >= 15 is 0 Å². The van der Waals surface area contributed by atoms with Crippen molar-refractivity contribution in [3.05, 3.63) is 29.8 Å². The first kappa shape index (κ1) is 16.1. The molecule has 3 nitrogen and oxygen atoms in total. The van der Waals surface area contributed by atoms with Crippen molar-refractivity contribution in [3.8, 4) is 0 Å². The molecular weight excluding hydrogens is 256 g/mol. The van der Waals surface area contributed by atoms with E-state index in [4.69, 9.17) is 5.73 Å². The van der Waals surface area contributed by atoms with Gasteiger partial charge in [0.05, 0.1) is 0 Å². The Morgan fingerprint density at radius 1 is 1.35 bits per heavy atom. The molecule has 0 bridgehead atoms. The molecule has 0 aromatic heterocycles. The van der Waals surface area contributed by atoms with Crippen molar-refractivity contribution < 1.29 is 4.79 Å². The molecular formula is C12H19ClN2OS. The van der Waals surface area contributed by atoms with Gasteiger partial charge in [-0.25, -0.2) is 0 Å². The average Bonchev–Trinajstić information content (AvgIpc) is 2.27. The van der Waals surface area contributed by atoms with E-state index in [1.54, 1.807) is 36.0 Å². The van der Waals surface area contributed by atoms with Crippen LogP contribution in [0.2, 0.25) is 0 Å². The van der Waals surface area contributed by atoms with Crippen LogP contribution in [0.1, 0.15) is 24.2 Å². The van der Waals surface area contributed by atoms with Crippen LogP contribution in [0.3, 0.4) is 0 Å². The van der Waals surface area contributed by atoms with Crippen LogP contribution < -0.4 is 11.1 Å². The zero-order valence-corrected chi connectivity index (χ0v) is 12.0. The second-order valence-electron chi connectivity index (χ2n) is 4.27. The van der Waals surface area contributed by atoms with E-state index in [1.165, 1.54) is 0 Å². The lowest BCUT2D eigenvalue weighted by atomic mass is 10.1. The maximum Gasteiger partial charge on any atom is 0.251 e. The number of carbonyl (C=O) groups is 1. The van der Waals surface area contributed by atoms with Crippen LogP contribution in [0.25, 0.3) is 0 Å². The van der Waals surface area contributed by atoms with Gasteiger partial charge in [-0.15, -0.1) is 12.4 Å². The minimum Gasteiger partial charge on any atom is -0.399 e. The topological polar surface area (TPSA) is 55.1 Å². The number of nitrogens with two attached hydrogens (primary N) is 1. The minimum absolute atomic E-state index is 0. The Morgan fingerprint density at radius 3 is 2.35 bits per heavy atom. The smallest absolute Gasteiger partial charge is 0.251 e. The molecule has 1 amide bonds. The normalized spacial score (nSPS) is 10.5. The van der Waals surface area contributed by atoms with Crippen molar-refractivity contribution in [2.75, 3.05) is 18.5 Å². The predicted octanol–water partition coefficient (Wildman–Crippen LogP) is 2.56. The molecule has 5 heteroatoms. The van der Waals surface area contributed by atoms with Gasteiger partial charge in [0.2, 0.25) is 0 Å². The third-order valence-corrected chi connectivity index (χ3v) is 3.65. The fraction of sp³-hybridized carbons (Fsp3) is 0.417. The van der Waals surface area contributed by atoms with E-state index < -0.39 is 0 Å². The van der Waals surface area contributed by atoms with Crippen molar-refractivity contribution in [1.29, 1.82) is 0 Å². The molecule has 1 rings (SSSR count). The highest BCUT2D eigenvalue weighted by atomic mass is 35.5. The molecule has 0 saturated heterocycles. The van der Waals surface area contributed by atoms with E-state index in [0.717, 1.165) is 0 Å². The summed E-state index contributed by atoms with van der Waals surface area (Å²) in [4.78, 5) is 11.8. The van der Waals surface area contributed by atoms with Crippen LogP contribution in [-0.2, 0) is 0 Å². The van der Waals surface area contributed by atoms with E-state index in [-0.39, 0.29) is 23.1 Å². The number of halogens is 1. The van der Waals surface area contributed by atoms with Gasteiger partial charge in [-0.1, -0.05) is 0 Å². The van der Waals surface area contributed by atoms with E-state index in [1.807, 2.05) is 6.26 Å². The largest absolute Gasteiger partial charge is 0.399 e. The maximum atomic E-state index is 11.8. The van der Waals surface area contributed by atoms with Crippen LogP contribution in [-0.4, -0.2) is 23.5 Å². The van der Waals surface area contributed by atoms with Crippen molar-refractivity contribution >= 4 is 35.8 Å². The second kappa shape index (κ2) is 6.77. The maximum absolute atomic E-state index is 11.8. The summed E-state index contributed by atoms with van der Waals surface area (Å²) in [5.41, 5.74) is 6.87. The van der Waals surface area contributed by atoms with Gasteiger partial charge in [0.25, 0.3) is 5.91 Å². The highest BCUT2D eigenvalue weighted by molar-refractivity contribution is 7.99. The molecule has 0 fully saturated rings. The molecule has 0 radical (unpaired) electrons. The first-order chi connectivity index (χ1) is 7.44. The Morgan fingerprint density at radius 2 is 1.88 bits per heavy atom. The molecule has 0 atom stereocenters. The molecule has 1 aromatic rings. The zero-order valence-electron chi connectivity index (χ0n) is 10.3. The van der Waals surface area contributed by atoms with Gasteiger partial charge in [-0.2, -0.15) is 11.8 Å². The van der Waals surface area contributed by atoms with Gasteiger partial charge >= 0.3 is 0 Å². The summed E-state index contributed by atoms with van der Waals surface area (Å²) in [5, 5.41) is 2.91. The second-order valence-corrected chi connectivity index (χ2v) is 5.78. The first-order valence-corrected chi connectivity index (χ1v) is 6.36. The van der Waals surface area contributed by atoms with Gasteiger partial charge < -0.3 is 11.1 Å². The summed E-state index contributed by atoms with van der Waals surface area (Å²) < 4.78 is 0.0590. The van der Waals surface area contributed by atoms with E-state index in [0.29, 0.717) is 17.8 Å². The third-order valence-electron chi connectivity index (χ3n) is 2.40. The number of amides is 1. The SMILES string of the molecule is CSC(C)(C)CNC(=O)c1ccc(N)cc1.Cl. The number of nitrogens with one attached hydrogen (secondary N) is 1. The molecule has 0 spiro atoms. The van der Waals surface area contributed by atoms with Gasteiger partial charge in [0, 0.05) is 22.5 Å². The lowest BCUT2D eigenvalue weighted by Gasteiger charge is -2.22. The Balaban J connectivity index is 0.00000256. The number of hydrogen-bond acceptors (Lipinski definition) is 3. The van der Waals surface area contributed by atoms with Gasteiger partial charge in [0.15, 0.2) is 0 Å². The van der Waals surface area contributed by atoms with Crippen LogP contribution in [0.4, 0.5) is 5.69 Å². The molecule has 0 aliphatic carbocycles. The standard InChI is InChI=1S/C12H18N2OS.ClH/c1-12(2,16-3)8-14-11(15)9-4-6-10(13)7-5-9;/h4-7H,8,13H2,1-3H3,(H,14,15);1H. The van der Waals surface area contributed by atoms with Gasteiger partial charge in [-0.05, 0) is 44.4 Å². The average molecular weight is 275 g/mol. The van der Waals surface area contributed by atoms with Crippen molar-refractivity contribution in [2.45, 2.75) is 18.6 Å².